The summed E-state index contributed by atoms with van der Waals surface area (Å²) in [5.74, 6) is 0. The number of nitro benzene ring substituents is 2. The van der Waals surface area contributed by atoms with Gasteiger partial charge < -0.3 is 4.42 Å². The first-order chi connectivity index (χ1) is 14.9. The molecule has 11 nitrogen and oxygen atoms in total. The smallest absolute Gasteiger partial charge is 0.345 e. The highest BCUT2D eigenvalue weighted by molar-refractivity contribution is 7.18. The molecule has 2 aromatic carbocycles. The van der Waals surface area contributed by atoms with Crippen molar-refractivity contribution in [2.75, 3.05) is 5.43 Å². The van der Waals surface area contributed by atoms with Gasteiger partial charge in [0.05, 0.1) is 26.5 Å². The zero-order chi connectivity index (χ0) is 22.0. The molecule has 0 aliphatic rings. The van der Waals surface area contributed by atoms with Crippen molar-refractivity contribution in [1.29, 1.82) is 0 Å². The maximum atomic E-state index is 12.3. The van der Waals surface area contributed by atoms with Crippen LogP contribution < -0.4 is 11.1 Å². The van der Waals surface area contributed by atoms with Gasteiger partial charge in [-0.25, -0.2) is 9.78 Å². The summed E-state index contributed by atoms with van der Waals surface area (Å²) in [5, 5.41) is 26.5. The Morgan fingerprint density at radius 1 is 1.03 bits per heavy atom. The molecule has 0 spiro atoms. The number of nitrogens with one attached hydrogen (secondary N) is 1. The molecule has 0 aliphatic carbocycles. The van der Waals surface area contributed by atoms with Crippen molar-refractivity contribution in [3.8, 4) is 10.4 Å². The zero-order valence-corrected chi connectivity index (χ0v) is 16.2. The number of hydrazone groups is 1. The molecule has 2 aromatic heterocycles. The molecular weight excluding hydrogens is 426 g/mol. The van der Waals surface area contributed by atoms with E-state index in [1.54, 1.807) is 12.1 Å². The first-order valence-electron chi connectivity index (χ1n) is 8.63. The second-order valence-electron chi connectivity index (χ2n) is 6.18. The first kappa shape index (κ1) is 19.8. The average Bonchev–Trinajstić information content (AvgIpc) is 3.22. The molecule has 4 aromatic rings. The lowest BCUT2D eigenvalue weighted by molar-refractivity contribution is -0.385. The molecule has 0 atom stereocenters. The predicted octanol–water partition coefficient (Wildman–Crippen LogP) is 4.18. The minimum Gasteiger partial charge on any atom is -0.422 e. The zero-order valence-electron chi connectivity index (χ0n) is 15.4. The van der Waals surface area contributed by atoms with Crippen LogP contribution in [0.5, 0.6) is 0 Å². The highest BCUT2D eigenvalue weighted by Gasteiger charge is 2.14. The lowest BCUT2D eigenvalue weighted by Gasteiger charge is -2.00. The third kappa shape index (κ3) is 4.28. The van der Waals surface area contributed by atoms with E-state index in [2.05, 4.69) is 15.5 Å². The van der Waals surface area contributed by atoms with Gasteiger partial charge in [-0.2, -0.15) is 5.10 Å². The number of hydrogen-bond donors (Lipinski definition) is 1. The Balaban J connectivity index is 1.54. The van der Waals surface area contributed by atoms with Crippen LogP contribution in [0.1, 0.15) is 5.56 Å². The molecule has 0 saturated heterocycles. The standard InChI is InChI=1S/C19H11N5O6S/c25-18-15(8-12-7-14(24(28)29)5-6-16(12)30-18)17-10-20-19(31-17)22-21-9-11-1-3-13(4-2-11)23(26)27/h1-10H,(H,20,22). The van der Waals surface area contributed by atoms with E-state index in [-0.39, 0.29) is 22.5 Å². The van der Waals surface area contributed by atoms with Gasteiger partial charge in [0.15, 0.2) is 0 Å². The molecule has 4 rings (SSSR count). The van der Waals surface area contributed by atoms with Gasteiger partial charge in [-0.05, 0) is 29.8 Å². The lowest BCUT2D eigenvalue weighted by atomic mass is 10.1. The third-order valence-corrected chi connectivity index (χ3v) is 5.11. The summed E-state index contributed by atoms with van der Waals surface area (Å²) in [6.07, 6.45) is 2.93. The van der Waals surface area contributed by atoms with Gasteiger partial charge in [-0.3, -0.25) is 25.7 Å². The Kier molecular flexibility index (Phi) is 5.20. The van der Waals surface area contributed by atoms with E-state index in [4.69, 9.17) is 4.42 Å². The van der Waals surface area contributed by atoms with Crippen molar-refractivity contribution in [2.45, 2.75) is 0 Å². The van der Waals surface area contributed by atoms with Crippen LogP contribution in [0.25, 0.3) is 21.4 Å². The fourth-order valence-electron chi connectivity index (χ4n) is 2.69. The van der Waals surface area contributed by atoms with Crippen molar-refractivity contribution >= 4 is 45.0 Å². The van der Waals surface area contributed by atoms with Crippen LogP contribution in [0.3, 0.4) is 0 Å². The normalized spacial score (nSPS) is 11.1. The number of thiazole rings is 1. The van der Waals surface area contributed by atoms with Crippen LogP contribution in [0.2, 0.25) is 0 Å². The van der Waals surface area contributed by atoms with Crippen molar-refractivity contribution in [2.24, 2.45) is 5.10 Å². The molecule has 0 aliphatic heterocycles. The van der Waals surface area contributed by atoms with E-state index in [9.17, 15) is 25.0 Å². The monoisotopic (exact) mass is 437 g/mol. The van der Waals surface area contributed by atoms with Gasteiger partial charge in [0.2, 0.25) is 5.13 Å². The van der Waals surface area contributed by atoms with Crippen LogP contribution in [-0.4, -0.2) is 21.0 Å². The van der Waals surface area contributed by atoms with Gasteiger partial charge in [-0.1, -0.05) is 11.3 Å². The van der Waals surface area contributed by atoms with E-state index in [0.29, 0.717) is 21.0 Å². The Morgan fingerprint density at radius 2 is 1.74 bits per heavy atom. The SMILES string of the molecule is O=c1oc2ccc([N+](=O)[O-])cc2cc1-c1cnc(NN=Cc2ccc([N+](=O)[O-])cc2)s1. The van der Waals surface area contributed by atoms with E-state index in [1.807, 2.05) is 0 Å². The maximum absolute atomic E-state index is 12.3. The second-order valence-corrected chi connectivity index (χ2v) is 7.21. The van der Waals surface area contributed by atoms with Crippen molar-refractivity contribution < 1.29 is 14.3 Å². The Morgan fingerprint density at radius 3 is 2.45 bits per heavy atom. The number of non-ortho nitro benzene ring substituents is 2. The molecule has 12 heteroatoms. The fourth-order valence-corrected chi connectivity index (χ4v) is 3.46. The quantitative estimate of drug-likeness (QED) is 0.204. The van der Waals surface area contributed by atoms with Gasteiger partial charge >= 0.3 is 5.63 Å². The topological polar surface area (TPSA) is 154 Å². The molecule has 0 unspecified atom stereocenters. The van der Waals surface area contributed by atoms with Gasteiger partial charge in [0.25, 0.3) is 11.4 Å². The minimum atomic E-state index is -0.592. The number of hydrogen-bond acceptors (Lipinski definition) is 10. The Labute approximate surface area is 176 Å². The summed E-state index contributed by atoms with van der Waals surface area (Å²) in [4.78, 5) is 37.6. The van der Waals surface area contributed by atoms with Crippen LogP contribution in [0.15, 0.2) is 69.0 Å². The Hall–Kier alpha value is -4.45. The van der Waals surface area contributed by atoms with Crippen LogP contribution in [0, 0.1) is 20.2 Å². The minimum absolute atomic E-state index is 0.0192. The first-order valence-corrected chi connectivity index (χ1v) is 9.44. The predicted molar refractivity (Wildman–Crippen MR) is 115 cm³/mol. The molecule has 154 valence electrons. The molecule has 0 radical (unpaired) electrons. The number of benzene rings is 2. The van der Waals surface area contributed by atoms with E-state index < -0.39 is 15.5 Å². The average molecular weight is 437 g/mol. The number of nitro groups is 2. The lowest BCUT2D eigenvalue weighted by Crippen LogP contribution is -2.01. The number of anilines is 1. The largest absolute Gasteiger partial charge is 0.422 e. The summed E-state index contributed by atoms with van der Waals surface area (Å²) < 4.78 is 5.26. The number of fused-ring (bicyclic) bond motifs is 1. The van der Waals surface area contributed by atoms with Crippen LogP contribution >= 0.6 is 11.3 Å². The molecule has 0 bridgehead atoms. The molecule has 0 saturated carbocycles. The van der Waals surface area contributed by atoms with Crippen LogP contribution in [-0.2, 0) is 0 Å². The molecule has 0 amide bonds. The maximum Gasteiger partial charge on any atom is 0.345 e. The summed E-state index contributed by atoms with van der Waals surface area (Å²) >= 11 is 1.14. The Bertz CT molecular complexity index is 1390. The van der Waals surface area contributed by atoms with Crippen molar-refractivity contribution in [1.82, 2.24) is 4.98 Å². The van der Waals surface area contributed by atoms with E-state index in [1.165, 1.54) is 48.8 Å². The number of rotatable bonds is 6. The van der Waals surface area contributed by atoms with E-state index in [0.717, 1.165) is 11.3 Å². The highest BCUT2D eigenvalue weighted by Crippen LogP contribution is 2.30. The fraction of sp³-hybridized carbons (Fsp3) is 0. The van der Waals surface area contributed by atoms with Gasteiger partial charge in [0, 0.05) is 35.8 Å². The molecule has 1 N–H and O–H groups in total. The number of nitrogens with zero attached hydrogens (tertiary/aromatic N) is 4. The van der Waals surface area contributed by atoms with Crippen LogP contribution in [0.4, 0.5) is 16.5 Å². The second kappa shape index (κ2) is 8.12. The summed E-state index contributed by atoms with van der Waals surface area (Å²) in [5.41, 5.74) is 3.11. The van der Waals surface area contributed by atoms with Crippen molar-refractivity contribution in [3.63, 3.8) is 0 Å². The summed E-state index contributed by atoms with van der Waals surface area (Å²) in [6.45, 7) is 0. The summed E-state index contributed by atoms with van der Waals surface area (Å²) in [7, 11) is 0. The third-order valence-electron chi connectivity index (χ3n) is 4.18. The number of aromatic nitrogens is 1. The summed E-state index contributed by atoms with van der Waals surface area (Å²) in [6, 6.07) is 11.3. The van der Waals surface area contributed by atoms with Gasteiger partial charge in [-0.15, -0.1) is 0 Å². The van der Waals surface area contributed by atoms with Crippen molar-refractivity contribution in [3.05, 3.63) is 90.9 Å². The molecule has 2 heterocycles. The van der Waals surface area contributed by atoms with Gasteiger partial charge in [0.1, 0.15) is 5.58 Å². The molecule has 0 fully saturated rings. The molecular formula is C19H11N5O6S. The molecule has 31 heavy (non-hydrogen) atoms. The van der Waals surface area contributed by atoms with E-state index >= 15 is 0 Å². The highest BCUT2D eigenvalue weighted by atomic mass is 32.1.